The molecule has 5 nitrogen and oxygen atoms in total. The van der Waals surface area contributed by atoms with Gasteiger partial charge in [-0.15, -0.1) is 11.3 Å². The van der Waals surface area contributed by atoms with Crippen LogP contribution in [0, 0.1) is 5.92 Å². The highest BCUT2D eigenvalue weighted by Gasteiger charge is 2.31. The van der Waals surface area contributed by atoms with Gasteiger partial charge in [-0.25, -0.2) is 0 Å². The Balaban J connectivity index is 1.68. The van der Waals surface area contributed by atoms with Crippen molar-refractivity contribution in [1.29, 1.82) is 0 Å². The molecule has 1 N–H and O–H groups in total. The van der Waals surface area contributed by atoms with E-state index in [1.54, 1.807) is 25.6 Å². The first-order chi connectivity index (χ1) is 15.0. The van der Waals surface area contributed by atoms with E-state index < -0.39 is 0 Å². The zero-order chi connectivity index (χ0) is 22.0. The largest absolute Gasteiger partial charge is 0.497 e. The van der Waals surface area contributed by atoms with Gasteiger partial charge in [-0.3, -0.25) is 4.79 Å². The summed E-state index contributed by atoms with van der Waals surface area (Å²) >= 11 is 1.68. The summed E-state index contributed by atoms with van der Waals surface area (Å²) in [6.07, 6.45) is 0.408. The zero-order valence-electron chi connectivity index (χ0n) is 18.2. The predicted molar refractivity (Wildman–Crippen MR) is 125 cm³/mol. The third kappa shape index (κ3) is 4.39. The number of anilines is 1. The van der Waals surface area contributed by atoms with E-state index in [9.17, 15) is 4.79 Å². The number of rotatable bonds is 7. The Labute approximate surface area is 187 Å². The van der Waals surface area contributed by atoms with Crippen molar-refractivity contribution in [3.63, 3.8) is 0 Å². The highest BCUT2D eigenvalue weighted by molar-refractivity contribution is 7.11. The molecule has 2 aromatic carbocycles. The maximum Gasteiger partial charge on any atom is 0.225 e. The number of carbonyl (C=O) groups excluding carboxylic acids is 1. The van der Waals surface area contributed by atoms with Crippen molar-refractivity contribution in [1.82, 2.24) is 0 Å². The van der Waals surface area contributed by atoms with Gasteiger partial charge in [-0.1, -0.05) is 32.0 Å². The summed E-state index contributed by atoms with van der Waals surface area (Å²) in [4.78, 5) is 13.8. The molecule has 1 atom stereocenters. The van der Waals surface area contributed by atoms with E-state index in [0.29, 0.717) is 24.7 Å². The fourth-order valence-electron chi connectivity index (χ4n) is 3.76. The number of fused-ring (bicyclic) bond motifs is 1. The first-order valence-electron chi connectivity index (χ1n) is 10.4. The lowest BCUT2D eigenvalue weighted by atomic mass is 9.89. The summed E-state index contributed by atoms with van der Waals surface area (Å²) in [6, 6.07) is 13.9. The predicted octanol–water partition coefficient (Wildman–Crippen LogP) is 5.94. The summed E-state index contributed by atoms with van der Waals surface area (Å²) < 4.78 is 16.7. The van der Waals surface area contributed by atoms with Gasteiger partial charge in [-0.05, 0) is 41.3 Å². The van der Waals surface area contributed by atoms with Crippen molar-refractivity contribution < 1.29 is 19.0 Å². The van der Waals surface area contributed by atoms with Gasteiger partial charge in [0.1, 0.15) is 5.75 Å². The summed E-state index contributed by atoms with van der Waals surface area (Å²) in [7, 11) is 3.30. The van der Waals surface area contributed by atoms with Crippen molar-refractivity contribution in [2.45, 2.75) is 26.2 Å². The first kappa shape index (κ1) is 21.2. The molecule has 0 saturated heterocycles. The van der Waals surface area contributed by atoms with Crippen LogP contribution in [0.3, 0.4) is 0 Å². The van der Waals surface area contributed by atoms with Gasteiger partial charge in [0.15, 0.2) is 11.5 Å². The van der Waals surface area contributed by atoms with E-state index in [4.69, 9.17) is 14.2 Å². The molecule has 2 heterocycles. The molecule has 0 fully saturated rings. The molecule has 162 valence electrons. The lowest BCUT2D eigenvalue weighted by Gasteiger charge is -2.25. The van der Waals surface area contributed by atoms with E-state index in [0.717, 1.165) is 38.8 Å². The van der Waals surface area contributed by atoms with Crippen LogP contribution in [0.25, 0.3) is 11.1 Å². The van der Waals surface area contributed by atoms with Crippen molar-refractivity contribution in [2.75, 3.05) is 26.1 Å². The number of hydrogen-bond acceptors (Lipinski definition) is 5. The second-order valence-electron chi connectivity index (χ2n) is 8.04. The first-order valence-corrected chi connectivity index (χ1v) is 11.2. The van der Waals surface area contributed by atoms with Crippen molar-refractivity contribution in [3.8, 4) is 28.4 Å². The van der Waals surface area contributed by atoms with Crippen LogP contribution in [0.15, 0.2) is 47.8 Å². The number of nitrogens with one attached hydrogen (secondary N) is 1. The molecular weight excluding hydrogens is 410 g/mol. The number of amides is 1. The molecule has 0 saturated carbocycles. The van der Waals surface area contributed by atoms with Crippen LogP contribution in [0.2, 0.25) is 0 Å². The van der Waals surface area contributed by atoms with Crippen molar-refractivity contribution >= 4 is 22.9 Å². The van der Waals surface area contributed by atoms with E-state index in [-0.39, 0.29) is 11.8 Å². The minimum absolute atomic E-state index is 0.0183. The van der Waals surface area contributed by atoms with Gasteiger partial charge >= 0.3 is 0 Å². The summed E-state index contributed by atoms with van der Waals surface area (Å²) in [5, 5.41) is 5.21. The Morgan fingerprint density at radius 2 is 1.84 bits per heavy atom. The molecule has 0 spiro atoms. The maximum absolute atomic E-state index is 12.6. The van der Waals surface area contributed by atoms with E-state index in [1.807, 2.05) is 42.5 Å². The zero-order valence-corrected chi connectivity index (χ0v) is 19.0. The number of carbonyl (C=O) groups is 1. The molecule has 0 aliphatic carbocycles. The quantitative estimate of drug-likeness (QED) is 0.497. The smallest absolute Gasteiger partial charge is 0.225 e. The van der Waals surface area contributed by atoms with Crippen LogP contribution < -0.4 is 19.5 Å². The molecule has 1 aliphatic rings. The lowest BCUT2D eigenvalue weighted by molar-refractivity contribution is -0.116. The second-order valence-corrected chi connectivity index (χ2v) is 8.95. The highest BCUT2D eigenvalue weighted by atomic mass is 32.1. The Morgan fingerprint density at radius 3 is 2.52 bits per heavy atom. The van der Waals surface area contributed by atoms with Gasteiger partial charge in [-0.2, -0.15) is 0 Å². The van der Waals surface area contributed by atoms with Crippen LogP contribution >= 0.6 is 11.3 Å². The van der Waals surface area contributed by atoms with Gasteiger partial charge < -0.3 is 19.5 Å². The van der Waals surface area contributed by atoms with Crippen molar-refractivity contribution in [2.24, 2.45) is 5.92 Å². The highest BCUT2D eigenvalue weighted by Crippen LogP contribution is 2.47. The number of benzene rings is 2. The molecule has 0 radical (unpaired) electrons. The van der Waals surface area contributed by atoms with Crippen LogP contribution in [-0.4, -0.2) is 26.7 Å². The molecule has 3 aromatic rings. The summed E-state index contributed by atoms with van der Waals surface area (Å²) in [5.41, 5.74) is 4.03. The summed E-state index contributed by atoms with van der Waals surface area (Å²) in [6.45, 7) is 4.85. The molecular formula is C25H27NO4S. The molecule has 6 heteroatoms. The Kier molecular flexibility index (Phi) is 6.18. The van der Waals surface area contributed by atoms with Crippen molar-refractivity contribution in [3.05, 3.63) is 58.3 Å². The SMILES string of the molecule is COc1ccc(-c2csc3c2NC(=O)C[C@H]3c2ccc(OCC(C)C)c(OC)c2)cc1. The van der Waals surface area contributed by atoms with Gasteiger partial charge in [0.05, 0.1) is 26.5 Å². The van der Waals surface area contributed by atoms with E-state index >= 15 is 0 Å². The fraction of sp³-hybridized carbons (Fsp3) is 0.320. The molecule has 1 aliphatic heterocycles. The van der Waals surface area contributed by atoms with Gasteiger partial charge in [0.2, 0.25) is 5.91 Å². The molecule has 0 unspecified atom stereocenters. The molecule has 1 amide bonds. The van der Waals surface area contributed by atoms with Crippen LogP contribution in [0.5, 0.6) is 17.2 Å². The average molecular weight is 438 g/mol. The number of methoxy groups -OCH3 is 2. The Morgan fingerprint density at radius 1 is 1.06 bits per heavy atom. The molecule has 31 heavy (non-hydrogen) atoms. The Hall–Kier alpha value is -2.99. The van der Waals surface area contributed by atoms with Gasteiger partial charge in [0.25, 0.3) is 0 Å². The second kappa shape index (κ2) is 9.02. The van der Waals surface area contributed by atoms with Gasteiger partial charge in [0, 0.05) is 28.2 Å². The third-order valence-electron chi connectivity index (χ3n) is 5.35. The maximum atomic E-state index is 12.6. The average Bonchev–Trinajstić information content (AvgIpc) is 3.20. The molecule has 1 aromatic heterocycles. The minimum Gasteiger partial charge on any atom is -0.497 e. The molecule has 0 bridgehead atoms. The lowest BCUT2D eigenvalue weighted by Crippen LogP contribution is -2.22. The van der Waals surface area contributed by atoms with Crippen LogP contribution in [0.1, 0.15) is 36.6 Å². The minimum atomic E-state index is -0.0196. The summed E-state index contributed by atoms with van der Waals surface area (Å²) in [5.74, 6) is 2.65. The standard InChI is InChI=1S/C25H27NO4S/c1-15(2)13-30-21-10-7-17(11-22(21)29-4)19-12-23(27)26-24-20(14-31-25(19)24)16-5-8-18(28-3)9-6-16/h5-11,14-15,19H,12-13H2,1-4H3,(H,26,27)/t19-/m0/s1. The fourth-order valence-corrected chi connectivity index (χ4v) is 4.92. The number of thiophene rings is 1. The van der Waals surface area contributed by atoms with Crippen LogP contribution in [-0.2, 0) is 4.79 Å². The number of ether oxygens (including phenoxy) is 3. The topological polar surface area (TPSA) is 56.8 Å². The monoisotopic (exact) mass is 437 g/mol. The van der Waals surface area contributed by atoms with E-state index in [2.05, 4.69) is 24.5 Å². The third-order valence-corrected chi connectivity index (χ3v) is 6.45. The molecule has 4 rings (SSSR count). The number of hydrogen-bond donors (Lipinski definition) is 1. The van der Waals surface area contributed by atoms with E-state index in [1.165, 1.54) is 0 Å². The van der Waals surface area contributed by atoms with Crippen LogP contribution in [0.4, 0.5) is 5.69 Å². The Bertz CT molecular complexity index is 1070. The normalized spacial score (nSPS) is 15.4.